The van der Waals surface area contributed by atoms with E-state index in [1.165, 1.54) is 0 Å². The average molecular weight is 871 g/mol. The molecule has 6 aromatic rings. The first-order valence-electron chi connectivity index (χ1n) is 22.4. The summed E-state index contributed by atoms with van der Waals surface area (Å²) >= 11 is 0. The van der Waals surface area contributed by atoms with Crippen LogP contribution in [0.1, 0.15) is 72.6 Å². The Morgan fingerprint density at radius 1 is 0.712 bits per heavy atom. The molecule has 0 bridgehead atoms. The van der Waals surface area contributed by atoms with E-state index in [4.69, 9.17) is 4.98 Å². The van der Waals surface area contributed by atoms with Gasteiger partial charge in [0.1, 0.15) is 6.04 Å². The number of benzene rings is 4. The second kappa shape index (κ2) is 18.8. The summed E-state index contributed by atoms with van der Waals surface area (Å²) in [6.07, 6.45) is 9.09. The molecule has 10 rings (SSSR count). The van der Waals surface area contributed by atoms with Gasteiger partial charge in [-0.3, -0.25) is 39.3 Å². The molecule has 0 spiro atoms. The van der Waals surface area contributed by atoms with E-state index in [1.54, 1.807) is 17.2 Å². The van der Waals surface area contributed by atoms with Crippen LogP contribution in [0.4, 0.5) is 0 Å². The molecule has 0 saturated carbocycles. The third-order valence-corrected chi connectivity index (χ3v) is 12.7. The molecule has 2 saturated heterocycles. The van der Waals surface area contributed by atoms with Crippen molar-refractivity contribution in [3.05, 3.63) is 160 Å². The summed E-state index contributed by atoms with van der Waals surface area (Å²) < 4.78 is 0. The van der Waals surface area contributed by atoms with Crippen LogP contribution in [0.2, 0.25) is 0 Å². The molecule has 2 aromatic heterocycles. The summed E-state index contributed by atoms with van der Waals surface area (Å²) in [5.74, 6) is 12.9. The Bertz CT molecular complexity index is 3040. The number of hydrogen-bond donors (Lipinski definition) is 1. The fourth-order valence-corrected chi connectivity index (χ4v) is 8.86. The summed E-state index contributed by atoms with van der Waals surface area (Å²) in [5.41, 5.74) is 9.70. The van der Waals surface area contributed by atoms with Crippen LogP contribution in [0.25, 0.3) is 34.4 Å². The number of amides is 4. The van der Waals surface area contributed by atoms with Crippen molar-refractivity contribution in [1.82, 2.24) is 39.9 Å². The number of imide groups is 1. The highest BCUT2D eigenvalue weighted by Gasteiger charge is 2.39. The van der Waals surface area contributed by atoms with Gasteiger partial charge in [0, 0.05) is 91.3 Å². The van der Waals surface area contributed by atoms with Gasteiger partial charge >= 0.3 is 0 Å². The Labute approximate surface area is 383 Å². The van der Waals surface area contributed by atoms with Crippen molar-refractivity contribution in [2.24, 2.45) is 0 Å². The summed E-state index contributed by atoms with van der Waals surface area (Å²) in [6, 6.07) is 30.9. The SMILES string of the molecule is O=C1CCC(N2Cc3cc(C#CCN4CCN(CC#Cc5ccc(/C=C/c6ccc(C(=O)N7CCc8cnc(-c9cnc%10ccccc%10c9)nc8C7)cc6)cc5)CC4)ccc3C2=O)C(=O)N1. The number of hydrogen-bond acceptors (Lipinski definition) is 9. The third kappa shape index (κ3) is 9.38. The molecule has 4 aliphatic heterocycles. The van der Waals surface area contributed by atoms with Gasteiger partial charge in [-0.1, -0.05) is 78.3 Å². The number of carbonyl (C=O) groups excluding carboxylic acids is 4. The van der Waals surface area contributed by atoms with E-state index in [9.17, 15) is 19.2 Å². The molecular formula is C54H46N8O4. The predicted octanol–water partition coefficient (Wildman–Crippen LogP) is 5.84. The van der Waals surface area contributed by atoms with E-state index < -0.39 is 11.9 Å². The maximum atomic E-state index is 13.6. The fraction of sp³-hybridized carbons (Fsp3) is 0.241. The molecule has 66 heavy (non-hydrogen) atoms. The summed E-state index contributed by atoms with van der Waals surface area (Å²) in [4.78, 5) is 72.7. The predicted molar refractivity (Wildman–Crippen MR) is 252 cm³/mol. The molecule has 12 heteroatoms. The zero-order valence-electron chi connectivity index (χ0n) is 36.4. The van der Waals surface area contributed by atoms with E-state index in [-0.39, 0.29) is 24.1 Å². The van der Waals surface area contributed by atoms with Crippen LogP contribution in [-0.4, -0.2) is 110 Å². The van der Waals surface area contributed by atoms with Gasteiger partial charge in [-0.2, -0.15) is 0 Å². The van der Waals surface area contributed by atoms with E-state index >= 15 is 0 Å². The second-order valence-electron chi connectivity index (χ2n) is 17.1. The van der Waals surface area contributed by atoms with Gasteiger partial charge in [-0.05, 0) is 89.7 Å². The number of fused-ring (bicyclic) bond motifs is 3. The Kier molecular flexibility index (Phi) is 12.0. The van der Waals surface area contributed by atoms with Crippen LogP contribution < -0.4 is 5.32 Å². The van der Waals surface area contributed by atoms with Gasteiger partial charge in [0.25, 0.3) is 11.8 Å². The molecule has 326 valence electrons. The number of carbonyl (C=O) groups is 4. The van der Waals surface area contributed by atoms with E-state index in [2.05, 4.69) is 73.0 Å². The minimum absolute atomic E-state index is 0.0119. The first-order chi connectivity index (χ1) is 32.3. The highest BCUT2D eigenvalue weighted by atomic mass is 16.2. The Hall–Kier alpha value is -7.77. The molecule has 4 aliphatic rings. The zero-order chi connectivity index (χ0) is 45.0. The van der Waals surface area contributed by atoms with Gasteiger partial charge in [0.2, 0.25) is 11.8 Å². The van der Waals surface area contributed by atoms with Crippen LogP contribution in [0.5, 0.6) is 0 Å². The van der Waals surface area contributed by atoms with Crippen molar-refractivity contribution in [3.8, 4) is 35.1 Å². The van der Waals surface area contributed by atoms with Gasteiger partial charge < -0.3 is 9.80 Å². The molecule has 4 aromatic carbocycles. The number of piperidine rings is 1. The average Bonchev–Trinajstić information content (AvgIpc) is 3.68. The maximum absolute atomic E-state index is 13.6. The smallest absolute Gasteiger partial charge is 0.255 e. The Morgan fingerprint density at radius 3 is 2.15 bits per heavy atom. The van der Waals surface area contributed by atoms with Crippen LogP contribution in [0.15, 0.2) is 109 Å². The van der Waals surface area contributed by atoms with Crippen molar-refractivity contribution >= 4 is 46.7 Å². The zero-order valence-corrected chi connectivity index (χ0v) is 36.4. The quantitative estimate of drug-likeness (QED) is 0.119. The molecular weight excluding hydrogens is 825 g/mol. The van der Waals surface area contributed by atoms with Crippen molar-refractivity contribution in [1.29, 1.82) is 0 Å². The van der Waals surface area contributed by atoms with Crippen molar-refractivity contribution in [2.75, 3.05) is 45.8 Å². The number of aromatic nitrogens is 3. The van der Waals surface area contributed by atoms with Gasteiger partial charge in [0.05, 0.1) is 30.8 Å². The lowest BCUT2D eigenvalue weighted by atomic mass is 10.0. The minimum Gasteiger partial charge on any atom is -0.332 e. The number of rotatable bonds is 7. The minimum atomic E-state index is -0.624. The molecule has 0 aliphatic carbocycles. The molecule has 2 fully saturated rings. The van der Waals surface area contributed by atoms with Crippen LogP contribution in [0.3, 0.4) is 0 Å². The third-order valence-electron chi connectivity index (χ3n) is 12.7. The lowest BCUT2D eigenvalue weighted by Crippen LogP contribution is -2.52. The van der Waals surface area contributed by atoms with Crippen LogP contribution in [-0.2, 0) is 29.1 Å². The number of para-hydroxylation sites is 1. The molecule has 0 radical (unpaired) electrons. The molecule has 4 amide bonds. The van der Waals surface area contributed by atoms with Gasteiger partial charge in [-0.25, -0.2) is 9.97 Å². The molecule has 6 heterocycles. The number of nitrogens with one attached hydrogen (secondary N) is 1. The normalized spacial score (nSPS) is 17.5. The Balaban J connectivity index is 0.661. The van der Waals surface area contributed by atoms with E-state index in [1.807, 2.05) is 90.0 Å². The second-order valence-corrected chi connectivity index (χ2v) is 17.1. The largest absolute Gasteiger partial charge is 0.332 e. The monoisotopic (exact) mass is 870 g/mol. The standard InChI is InChI=1S/C54H46N8O4/c63-50-22-21-49(52(64)58-50)62-35-45-31-40(17-20-46(45)54(62)66)6-4-25-60-29-27-59(28-30-60)24-3-5-37-9-11-38(12-10-37)13-14-39-15-18-41(19-16-39)53(65)61-26-23-43-33-56-51(57-48(43)36-61)44-32-42-7-1-2-8-47(42)55-34-44/h1-2,7-20,31-34,49H,21-30,35-36H2,(H,58,63,64)/b14-13+. The molecule has 1 N–H and O–H groups in total. The van der Waals surface area contributed by atoms with Crippen molar-refractivity contribution in [2.45, 2.75) is 38.4 Å². The molecule has 12 nitrogen and oxygen atoms in total. The van der Waals surface area contributed by atoms with Crippen LogP contribution >= 0.6 is 0 Å². The first-order valence-corrected chi connectivity index (χ1v) is 22.4. The number of nitrogens with zero attached hydrogens (tertiary/aromatic N) is 7. The lowest BCUT2D eigenvalue weighted by Gasteiger charge is -2.32. The first kappa shape index (κ1) is 42.2. The van der Waals surface area contributed by atoms with Gasteiger partial charge in [-0.15, -0.1) is 0 Å². The van der Waals surface area contributed by atoms with Crippen LogP contribution in [0, 0.1) is 23.7 Å². The topological polar surface area (TPSA) is 132 Å². The fourth-order valence-electron chi connectivity index (χ4n) is 8.86. The van der Waals surface area contributed by atoms with E-state index in [0.717, 1.165) is 81.7 Å². The summed E-state index contributed by atoms with van der Waals surface area (Å²) in [6.45, 7) is 6.41. The lowest BCUT2D eigenvalue weighted by molar-refractivity contribution is -0.136. The van der Waals surface area contributed by atoms with Gasteiger partial charge in [0.15, 0.2) is 5.82 Å². The number of piperazine rings is 1. The number of pyridine rings is 1. The van der Waals surface area contributed by atoms with Crippen molar-refractivity contribution in [3.63, 3.8) is 0 Å². The Morgan fingerprint density at radius 2 is 1.41 bits per heavy atom. The molecule has 1 unspecified atom stereocenters. The summed E-state index contributed by atoms with van der Waals surface area (Å²) in [5, 5.41) is 3.38. The van der Waals surface area contributed by atoms with Crippen molar-refractivity contribution < 1.29 is 19.2 Å². The maximum Gasteiger partial charge on any atom is 0.255 e. The summed E-state index contributed by atoms with van der Waals surface area (Å²) in [7, 11) is 0. The van der Waals surface area contributed by atoms with E-state index in [0.29, 0.717) is 62.5 Å². The molecule has 1 atom stereocenters. The highest BCUT2D eigenvalue weighted by molar-refractivity contribution is 6.05. The highest BCUT2D eigenvalue weighted by Crippen LogP contribution is 2.29.